The van der Waals surface area contributed by atoms with Crippen molar-refractivity contribution in [2.24, 2.45) is 0 Å². The predicted octanol–water partition coefficient (Wildman–Crippen LogP) is 2.09. The van der Waals surface area contributed by atoms with E-state index in [0.717, 1.165) is 46.8 Å². The molecule has 0 aliphatic carbocycles. The molecule has 32 heavy (non-hydrogen) atoms. The van der Waals surface area contributed by atoms with Crippen LogP contribution in [0.25, 0.3) is 10.6 Å². The molecule has 7 nitrogen and oxygen atoms in total. The van der Waals surface area contributed by atoms with Crippen molar-refractivity contribution in [3.8, 4) is 10.6 Å². The summed E-state index contributed by atoms with van der Waals surface area (Å²) in [4.78, 5) is 7.61. The standard InChI is InChI=1S/C23H33FN2O5S/c1-15-18(25-23(32-15)16-6-8-17(24)9-7-16)14-31-11-5-3-2-4-10-26-12-19(27)21(29)22(30)20(28)13-26/h6-9,19-22,27-30H,2-5,10-14H2,1H3/t19-,20-,21+,22+/m0/s1. The molecule has 0 spiro atoms. The monoisotopic (exact) mass is 468 g/mol. The van der Waals surface area contributed by atoms with Crippen molar-refractivity contribution in [1.82, 2.24) is 9.88 Å². The van der Waals surface area contributed by atoms with Crippen molar-refractivity contribution >= 4 is 11.3 Å². The number of likely N-dealkylation sites (tertiary alicyclic amines) is 1. The van der Waals surface area contributed by atoms with Crippen molar-refractivity contribution in [3.05, 3.63) is 40.7 Å². The highest BCUT2D eigenvalue weighted by Crippen LogP contribution is 2.28. The van der Waals surface area contributed by atoms with Gasteiger partial charge in [-0.3, -0.25) is 4.90 Å². The fraction of sp³-hybridized carbons (Fsp3) is 0.609. The molecule has 0 radical (unpaired) electrons. The molecule has 2 aromatic rings. The van der Waals surface area contributed by atoms with Gasteiger partial charge >= 0.3 is 0 Å². The third-order valence-corrected chi connectivity index (χ3v) is 6.83. The van der Waals surface area contributed by atoms with E-state index in [4.69, 9.17) is 4.74 Å². The average Bonchev–Trinajstić information content (AvgIpc) is 3.11. The molecule has 0 bridgehead atoms. The largest absolute Gasteiger partial charge is 0.389 e. The van der Waals surface area contributed by atoms with Gasteiger partial charge in [0.2, 0.25) is 0 Å². The molecule has 2 heterocycles. The maximum Gasteiger partial charge on any atom is 0.123 e. The number of thiazole rings is 1. The molecule has 1 fully saturated rings. The fourth-order valence-corrected chi connectivity index (χ4v) is 4.72. The molecule has 3 rings (SSSR count). The molecule has 1 saturated heterocycles. The number of nitrogens with zero attached hydrogens (tertiary/aromatic N) is 2. The SMILES string of the molecule is Cc1sc(-c2ccc(F)cc2)nc1COCCCCCCN1C[C@H](O)[C@@H](O)[C@H](O)[C@@H](O)C1. The number of aliphatic hydroxyl groups is 4. The predicted molar refractivity (Wildman–Crippen MR) is 121 cm³/mol. The zero-order chi connectivity index (χ0) is 23.1. The zero-order valence-corrected chi connectivity index (χ0v) is 19.2. The number of rotatable bonds is 10. The highest BCUT2D eigenvalue weighted by atomic mass is 32.1. The molecular weight excluding hydrogens is 435 g/mol. The lowest BCUT2D eigenvalue weighted by Crippen LogP contribution is -2.43. The topological polar surface area (TPSA) is 106 Å². The second-order valence-electron chi connectivity index (χ2n) is 8.37. The van der Waals surface area contributed by atoms with E-state index in [9.17, 15) is 24.8 Å². The molecule has 1 aliphatic heterocycles. The summed E-state index contributed by atoms with van der Waals surface area (Å²) in [5.41, 5.74) is 1.82. The number of β-amino-alcohol motifs (C(OH)–C–C–N with tert-alkyl or cyclic N) is 2. The Kier molecular flexibility index (Phi) is 9.54. The van der Waals surface area contributed by atoms with E-state index in [-0.39, 0.29) is 18.9 Å². The number of unbranched alkanes of at least 4 members (excludes halogenated alkanes) is 3. The molecule has 4 N–H and O–H groups in total. The van der Waals surface area contributed by atoms with E-state index < -0.39 is 24.4 Å². The minimum Gasteiger partial charge on any atom is -0.389 e. The first-order valence-corrected chi connectivity index (χ1v) is 11.9. The first kappa shape index (κ1) is 25.2. The highest BCUT2D eigenvalue weighted by Gasteiger charge is 2.35. The summed E-state index contributed by atoms with van der Waals surface area (Å²) in [6.45, 7) is 4.29. The van der Waals surface area contributed by atoms with Gasteiger partial charge in [0.1, 0.15) is 23.0 Å². The van der Waals surface area contributed by atoms with Gasteiger partial charge in [0, 0.05) is 30.1 Å². The van der Waals surface area contributed by atoms with Crippen LogP contribution in [0.1, 0.15) is 36.3 Å². The number of hydrogen-bond acceptors (Lipinski definition) is 8. The minimum atomic E-state index is -1.32. The lowest BCUT2D eigenvalue weighted by Gasteiger charge is -2.23. The van der Waals surface area contributed by atoms with Gasteiger partial charge in [0.15, 0.2) is 0 Å². The summed E-state index contributed by atoms with van der Waals surface area (Å²) in [5.74, 6) is -0.259. The van der Waals surface area contributed by atoms with Crippen molar-refractivity contribution < 1.29 is 29.6 Å². The van der Waals surface area contributed by atoms with Crippen LogP contribution < -0.4 is 0 Å². The molecular formula is C23H33FN2O5S. The van der Waals surface area contributed by atoms with Crippen LogP contribution in [0.15, 0.2) is 24.3 Å². The Morgan fingerprint density at radius 2 is 1.62 bits per heavy atom. The summed E-state index contributed by atoms with van der Waals surface area (Å²) >= 11 is 1.58. The molecule has 0 unspecified atom stereocenters. The van der Waals surface area contributed by atoms with Crippen molar-refractivity contribution in [3.63, 3.8) is 0 Å². The molecule has 0 saturated carbocycles. The van der Waals surface area contributed by atoms with Crippen LogP contribution in [-0.4, -0.2) is 81.0 Å². The number of aromatic nitrogens is 1. The quantitative estimate of drug-likeness (QED) is 0.396. The number of benzene rings is 1. The van der Waals surface area contributed by atoms with Crippen molar-refractivity contribution in [1.29, 1.82) is 0 Å². The highest BCUT2D eigenvalue weighted by molar-refractivity contribution is 7.15. The Labute approximate surface area is 192 Å². The van der Waals surface area contributed by atoms with Crippen LogP contribution in [0.3, 0.4) is 0 Å². The van der Waals surface area contributed by atoms with Gasteiger partial charge in [-0.2, -0.15) is 0 Å². The Hall–Kier alpha value is -1.46. The lowest BCUT2D eigenvalue weighted by molar-refractivity contribution is -0.0894. The molecule has 178 valence electrons. The maximum absolute atomic E-state index is 13.1. The fourth-order valence-electron chi connectivity index (χ4n) is 3.80. The van der Waals surface area contributed by atoms with E-state index in [2.05, 4.69) is 4.98 Å². The van der Waals surface area contributed by atoms with Gasteiger partial charge in [-0.1, -0.05) is 12.8 Å². The summed E-state index contributed by atoms with van der Waals surface area (Å²) < 4.78 is 18.9. The number of halogens is 1. The molecule has 4 atom stereocenters. The smallest absolute Gasteiger partial charge is 0.123 e. The van der Waals surface area contributed by atoms with Gasteiger partial charge < -0.3 is 25.2 Å². The first-order chi connectivity index (χ1) is 15.3. The van der Waals surface area contributed by atoms with E-state index in [1.54, 1.807) is 23.5 Å². The van der Waals surface area contributed by atoms with Gasteiger partial charge in [-0.05, 0) is 50.6 Å². The Morgan fingerprint density at radius 3 is 2.28 bits per heavy atom. The molecule has 1 aromatic heterocycles. The van der Waals surface area contributed by atoms with Crippen molar-refractivity contribution in [2.75, 3.05) is 26.2 Å². The second kappa shape index (κ2) is 12.1. The number of ether oxygens (including phenoxy) is 1. The summed E-state index contributed by atoms with van der Waals surface area (Å²) in [6, 6.07) is 6.34. The lowest BCUT2D eigenvalue weighted by atomic mass is 10.1. The Balaban J connectivity index is 1.30. The number of aryl methyl sites for hydroxylation is 1. The minimum absolute atomic E-state index is 0.241. The van der Waals surface area contributed by atoms with E-state index >= 15 is 0 Å². The van der Waals surface area contributed by atoms with Crippen molar-refractivity contribution in [2.45, 2.75) is 63.6 Å². The maximum atomic E-state index is 13.1. The van der Waals surface area contributed by atoms with E-state index in [1.165, 1.54) is 12.1 Å². The van der Waals surface area contributed by atoms with Crippen LogP contribution in [-0.2, 0) is 11.3 Å². The first-order valence-electron chi connectivity index (χ1n) is 11.1. The third kappa shape index (κ3) is 7.02. The van der Waals surface area contributed by atoms with Crippen LogP contribution in [0.4, 0.5) is 4.39 Å². The van der Waals surface area contributed by atoms with Crippen LogP contribution in [0.2, 0.25) is 0 Å². The average molecular weight is 469 g/mol. The summed E-state index contributed by atoms with van der Waals surface area (Å²) in [7, 11) is 0. The summed E-state index contributed by atoms with van der Waals surface area (Å²) in [5, 5.41) is 40.2. The molecule has 9 heteroatoms. The van der Waals surface area contributed by atoms with E-state index in [1.807, 2.05) is 11.8 Å². The van der Waals surface area contributed by atoms with Gasteiger partial charge in [0.25, 0.3) is 0 Å². The van der Waals surface area contributed by atoms with Crippen LogP contribution in [0, 0.1) is 12.7 Å². The normalized spacial score (nSPS) is 24.6. The Morgan fingerprint density at radius 1 is 1.00 bits per heavy atom. The zero-order valence-electron chi connectivity index (χ0n) is 18.4. The van der Waals surface area contributed by atoms with Crippen LogP contribution >= 0.6 is 11.3 Å². The van der Waals surface area contributed by atoms with E-state index in [0.29, 0.717) is 19.8 Å². The number of hydrogen-bond donors (Lipinski definition) is 4. The van der Waals surface area contributed by atoms with Gasteiger partial charge in [-0.25, -0.2) is 9.37 Å². The molecule has 1 aliphatic rings. The third-order valence-electron chi connectivity index (χ3n) is 5.76. The number of aliphatic hydroxyl groups excluding tert-OH is 4. The summed E-state index contributed by atoms with van der Waals surface area (Å²) in [6.07, 6.45) is -0.945. The molecule has 1 aromatic carbocycles. The van der Waals surface area contributed by atoms with Crippen LogP contribution in [0.5, 0.6) is 0 Å². The van der Waals surface area contributed by atoms with Gasteiger partial charge in [0.05, 0.1) is 24.5 Å². The van der Waals surface area contributed by atoms with Gasteiger partial charge in [-0.15, -0.1) is 11.3 Å². The molecule has 0 amide bonds. The Bertz CT molecular complexity index is 818. The second-order valence-corrected chi connectivity index (χ2v) is 9.57.